The second-order valence-corrected chi connectivity index (χ2v) is 13.4. The number of aromatic nitrogens is 2. The number of piperidine rings is 2. The smallest absolute Gasteiger partial charge is 0.407 e. The van der Waals surface area contributed by atoms with E-state index in [4.69, 9.17) is 19.2 Å². The third-order valence-electron chi connectivity index (χ3n) is 9.85. The lowest BCUT2D eigenvalue weighted by Crippen LogP contribution is -2.68. The van der Waals surface area contributed by atoms with Crippen LogP contribution in [0.1, 0.15) is 25.7 Å². The second-order valence-electron chi connectivity index (χ2n) is 13.4. The molecule has 4 fully saturated rings. The number of hydrogen-bond donors (Lipinski definition) is 1. The molecule has 0 spiro atoms. The minimum Gasteiger partial charge on any atom is -0.468 e. The highest BCUT2D eigenvalue weighted by molar-refractivity contribution is 6.01. The van der Waals surface area contributed by atoms with Gasteiger partial charge in [0.1, 0.15) is 22.9 Å². The molecule has 10 nitrogen and oxygen atoms in total. The molecule has 8 rings (SSSR count). The van der Waals surface area contributed by atoms with Crippen LogP contribution in [0.2, 0.25) is 0 Å². The zero-order valence-corrected chi connectivity index (χ0v) is 27.3. The first-order chi connectivity index (χ1) is 23.1. The van der Waals surface area contributed by atoms with Crippen molar-refractivity contribution in [3.8, 4) is 22.9 Å². The van der Waals surface area contributed by atoms with Gasteiger partial charge in [-0.2, -0.15) is 9.97 Å². The fourth-order valence-corrected chi connectivity index (χ4v) is 7.57. The minimum absolute atomic E-state index is 0.0135. The van der Waals surface area contributed by atoms with Gasteiger partial charge >= 0.3 is 12.1 Å². The zero-order valence-electron chi connectivity index (χ0n) is 27.3. The van der Waals surface area contributed by atoms with Crippen LogP contribution >= 0.6 is 0 Å². The number of amides is 1. The number of halogens is 2. The Balaban J connectivity index is 1.41. The largest absolute Gasteiger partial charge is 0.468 e. The highest BCUT2D eigenvalue weighted by Gasteiger charge is 2.48. The molecule has 1 saturated carbocycles. The van der Waals surface area contributed by atoms with Crippen molar-refractivity contribution >= 4 is 33.6 Å². The Morgan fingerprint density at radius 2 is 1.92 bits per heavy atom. The van der Waals surface area contributed by atoms with Gasteiger partial charge in [0.15, 0.2) is 12.6 Å². The third-order valence-corrected chi connectivity index (χ3v) is 9.85. The summed E-state index contributed by atoms with van der Waals surface area (Å²) < 4.78 is 50.6. The standard InChI is InChI=1S/C36H39F2N5O5/c1-5-28-29-11-10-22(17-42(29)35(44)45)43(28)33-26-16-27(37)30(25-15-23(48-20-46-4)14-21-8-6-7-9-24(21)25)31(38)32(26)39-34(40-33)47-19-36(12-13-36)18-41(2)3/h5-9,14-16,22,28-29H,1,10-13,17-20H2,2-4H3,(H,44,45). The van der Waals surface area contributed by atoms with Crippen LogP contribution in [0.4, 0.5) is 19.4 Å². The Morgan fingerprint density at radius 3 is 2.62 bits per heavy atom. The fraction of sp³-hybridized carbons (Fsp3) is 0.417. The second kappa shape index (κ2) is 12.5. The van der Waals surface area contributed by atoms with E-state index in [2.05, 4.69) is 16.5 Å². The van der Waals surface area contributed by atoms with E-state index in [1.54, 1.807) is 24.3 Å². The van der Waals surface area contributed by atoms with Crippen LogP contribution in [0.15, 0.2) is 55.1 Å². The molecule has 48 heavy (non-hydrogen) atoms. The number of nitrogens with zero attached hydrogens (tertiary/aromatic N) is 5. The van der Waals surface area contributed by atoms with Crippen molar-refractivity contribution in [3.05, 3.63) is 66.8 Å². The minimum atomic E-state index is -1.01. The summed E-state index contributed by atoms with van der Waals surface area (Å²) in [5.74, 6) is -0.955. The van der Waals surface area contributed by atoms with Gasteiger partial charge in [-0.05, 0) is 74.3 Å². The molecule has 0 radical (unpaired) electrons. The van der Waals surface area contributed by atoms with E-state index in [-0.39, 0.29) is 53.3 Å². The van der Waals surface area contributed by atoms with Crippen molar-refractivity contribution in [2.75, 3.05) is 52.6 Å². The number of ether oxygens (including phenoxy) is 3. The Labute approximate surface area is 277 Å². The van der Waals surface area contributed by atoms with Gasteiger partial charge in [0.05, 0.1) is 24.3 Å². The van der Waals surface area contributed by atoms with Gasteiger partial charge in [-0.15, -0.1) is 6.58 Å². The maximum atomic E-state index is 17.1. The van der Waals surface area contributed by atoms with E-state index in [1.165, 1.54) is 18.1 Å². The van der Waals surface area contributed by atoms with Crippen molar-refractivity contribution in [2.45, 2.75) is 43.8 Å². The molecule has 3 aromatic carbocycles. The lowest BCUT2D eigenvalue weighted by atomic mass is 9.84. The van der Waals surface area contributed by atoms with Crippen molar-refractivity contribution in [1.29, 1.82) is 0 Å². The summed E-state index contributed by atoms with van der Waals surface area (Å²) in [4.78, 5) is 27.0. The summed E-state index contributed by atoms with van der Waals surface area (Å²) in [5.41, 5.74) is -0.0811. The van der Waals surface area contributed by atoms with E-state index < -0.39 is 23.8 Å². The van der Waals surface area contributed by atoms with Crippen LogP contribution in [-0.2, 0) is 4.74 Å². The molecule has 1 aromatic heterocycles. The number of rotatable bonds is 11. The van der Waals surface area contributed by atoms with Crippen molar-refractivity contribution in [2.24, 2.45) is 5.41 Å². The molecule has 3 atom stereocenters. The maximum absolute atomic E-state index is 17.1. The predicted molar refractivity (Wildman–Crippen MR) is 179 cm³/mol. The van der Waals surface area contributed by atoms with Crippen molar-refractivity contribution in [3.63, 3.8) is 0 Å². The number of methoxy groups -OCH3 is 1. The first kappa shape index (κ1) is 32.0. The van der Waals surface area contributed by atoms with Gasteiger partial charge in [-0.25, -0.2) is 13.6 Å². The van der Waals surface area contributed by atoms with Crippen molar-refractivity contribution in [1.82, 2.24) is 19.8 Å². The van der Waals surface area contributed by atoms with Crippen LogP contribution in [0, 0.1) is 17.0 Å². The van der Waals surface area contributed by atoms with Crippen LogP contribution in [0.5, 0.6) is 11.8 Å². The summed E-state index contributed by atoms with van der Waals surface area (Å²) in [7, 11) is 5.52. The third kappa shape index (κ3) is 5.66. The quantitative estimate of drug-likeness (QED) is 0.147. The van der Waals surface area contributed by atoms with Gasteiger partial charge in [0.2, 0.25) is 0 Å². The number of carbonyl (C=O) groups is 1. The monoisotopic (exact) mass is 659 g/mol. The number of anilines is 1. The molecular formula is C36H39F2N5O5. The predicted octanol–water partition coefficient (Wildman–Crippen LogP) is 6.32. The SMILES string of the molecule is C=CC1C2CCC(CN2C(=O)O)N1c1nc(OCC2(CN(C)C)CC2)nc2c(F)c(-c3cc(OCOC)cc4ccccc34)c(F)cc12. The summed E-state index contributed by atoms with van der Waals surface area (Å²) in [6.45, 7) is 5.39. The van der Waals surface area contributed by atoms with Gasteiger partial charge < -0.3 is 34.0 Å². The van der Waals surface area contributed by atoms with E-state index in [0.717, 1.165) is 24.8 Å². The van der Waals surface area contributed by atoms with E-state index >= 15 is 8.78 Å². The zero-order chi connectivity index (χ0) is 33.7. The summed E-state index contributed by atoms with van der Waals surface area (Å²) >= 11 is 0. The van der Waals surface area contributed by atoms with Gasteiger partial charge in [-0.1, -0.05) is 30.3 Å². The van der Waals surface area contributed by atoms with E-state index in [0.29, 0.717) is 42.0 Å². The van der Waals surface area contributed by atoms with Crippen LogP contribution in [0.3, 0.4) is 0 Å². The Morgan fingerprint density at radius 1 is 1.12 bits per heavy atom. The summed E-state index contributed by atoms with van der Waals surface area (Å²) in [6, 6.07) is 10.8. The molecule has 4 heterocycles. The van der Waals surface area contributed by atoms with Crippen molar-refractivity contribution < 1.29 is 32.9 Å². The van der Waals surface area contributed by atoms with Gasteiger partial charge in [-0.3, -0.25) is 0 Å². The fourth-order valence-electron chi connectivity index (χ4n) is 7.57. The first-order valence-corrected chi connectivity index (χ1v) is 16.2. The number of fused-ring (bicyclic) bond motifs is 5. The van der Waals surface area contributed by atoms with Crippen LogP contribution in [0.25, 0.3) is 32.8 Å². The molecule has 12 heteroatoms. The molecule has 4 aliphatic rings. The summed E-state index contributed by atoms with van der Waals surface area (Å²) in [5, 5.41) is 11.5. The van der Waals surface area contributed by atoms with Crippen LogP contribution < -0.4 is 14.4 Å². The highest BCUT2D eigenvalue weighted by atomic mass is 19.1. The number of carboxylic acid groups (broad SMARTS) is 1. The average molecular weight is 660 g/mol. The lowest BCUT2D eigenvalue weighted by molar-refractivity contribution is 0.0512. The molecule has 3 unspecified atom stereocenters. The topological polar surface area (TPSA) is 100 Å². The molecule has 3 saturated heterocycles. The van der Waals surface area contributed by atoms with Gasteiger partial charge in [0, 0.05) is 37.0 Å². The molecule has 1 aliphatic carbocycles. The molecule has 252 valence electrons. The number of benzene rings is 3. The Bertz CT molecular complexity index is 1900. The molecule has 4 aromatic rings. The van der Waals surface area contributed by atoms with Gasteiger partial charge in [0.25, 0.3) is 0 Å². The number of piperazine rings is 1. The molecule has 2 bridgehead atoms. The maximum Gasteiger partial charge on any atom is 0.407 e. The molecule has 1 N–H and O–H groups in total. The Kier molecular flexibility index (Phi) is 8.32. The normalized spacial score (nSPS) is 21.2. The summed E-state index contributed by atoms with van der Waals surface area (Å²) in [6.07, 6.45) is 4.00. The number of hydrogen-bond acceptors (Lipinski definition) is 8. The van der Waals surface area contributed by atoms with E-state index in [9.17, 15) is 9.90 Å². The van der Waals surface area contributed by atoms with Crippen LogP contribution in [-0.4, -0.2) is 96.8 Å². The first-order valence-electron chi connectivity index (χ1n) is 16.2. The Hall–Kier alpha value is -4.55. The highest BCUT2D eigenvalue weighted by Crippen LogP contribution is 2.47. The lowest BCUT2D eigenvalue weighted by Gasteiger charge is -2.55. The molecule has 1 amide bonds. The molecular weight excluding hydrogens is 620 g/mol. The molecule has 3 aliphatic heterocycles. The average Bonchev–Trinajstić information content (AvgIpc) is 3.84. The van der Waals surface area contributed by atoms with E-state index in [1.807, 2.05) is 37.2 Å².